The number of ether oxygens (including phenoxy) is 2. The maximum absolute atomic E-state index is 12.0. The van der Waals surface area contributed by atoms with Crippen molar-refractivity contribution < 1.29 is 24.2 Å². The fraction of sp³-hybridized carbons (Fsp3) is 0.846. The van der Waals surface area contributed by atoms with E-state index in [9.17, 15) is 9.59 Å². The summed E-state index contributed by atoms with van der Waals surface area (Å²) in [4.78, 5) is 24.5. The van der Waals surface area contributed by atoms with Gasteiger partial charge in [0.1, 0.15) is 0 Å². The minimum atomic E-state index is -1.00. The Kier molecular flexibility index (Phi) is 5.15. The molecule has 0 radical (unpaired) electrons. The van der Waals surface area contributed by atoms with Crippen molar-refractivity contribution in [2.24, 2.45) is 5.92 Å². The molecule has 0 aromatic heterocycles. The Balaban J connectivity index is 1.74. The smallest absolute Gasteiger partial charge is 0.334 e. The summed E-state index contributed by atoms with van der Waals surface area (Å²) < 4.78 is 10.5. The lowest BCUT2D eigenvalue weighted by atomic mass is 9.96. The van der Waals surface area contributed by atoms with E-state index in [-0.39, 0.29) is 12.5 Å². The molecule has 6 heteroatoms. The van der Waals surface area contributed by atoms with Crippen LogP contribution in [0.1, 0.15) is 25.7 Å². The van der Waals surface area contributed by atoms with Gasteiger partial charge in [-0.3, -0.25) is 4.79 Å². The normalized spacial score (nSPS) is 28.1. The largest absolute Gasteiger partial charge is 0.479 e. The Bertz CT molecular complexity index is 327. The topological polar surface area (TPSA) is 76.1 Å². The molecule has 0 aromatic rings. The van der Waals surface area contributed by atoms with Crippen LogP contribution in [0, 0.1) is 5.92 Å². The molecule has 2 aliphatic rings. The molecule has 2 aliphatic heterocycles. The molecule has 0 spiro atoms. The van der Waals surface area contributed by atoms with Crippen LogP contribution in [-0.2, 0) is 19.1 Å². The monoisotopic (exact) mass is 271 g/mol. The number of carbonyl (C=O) groups excluding carboxylic acids is 1. The first-order chi connectivity index (χ1) is 9.16. The molecule has 0 aromatic carbocycles. The summed E-state index contributed by atoms with van der Waals surface area (Å²) in [5, 5.41) is 8.89. The van der Waals surface area contributed by atoms with Gasteiger partial charge in [0.05, 0.1) is 13.2 Å². The zero-order valence-corrected chi connectivity index (χ0v) is 11.0. The van der Waals surface area contributed by atoms with E-state index in [1.54, 1.807) is 4.90 Å². The highest BCUT2D eigenvalue weighted by Crippen LogP contribution is 2.19. The van der Waals surface area contributed by atoms with Gasteiger partial charge in [-0.25, -0.2) is 4.79 Å². The van der Waals surface area contributed by atoms with Crippen molar-refractivity contribution in [3.8, 4) is 0 Å². The van der Waals surface area contributed by atoms with Gasteiger partial charge in [-0.1, -0.05) is 0 Å². The van der Waals surface area contributed by atoms with Crippen molar-refractivity contribution in [2.45, 2.75) is 31.8 Å². The van der Waals surface area contributed by atoms with Gasteiger partial charge < -0.3 is 19.5 Å². The lowest BCUT2D eigenvalue weighted by Gasteiger charge is -2.31. The molecule has 2 heterocycles. The van der Waals surface area contributed by atoms with Crippen LogP contribution in [0.4, 0.5) is 0 Å². The standard InChI is InChI=1S/C13H21NO5/c15-12(4-3-10-2-1-6-18-9-10)14-5-7-19-11(8-14)13(16)17/h10-11H,1-9H2,(H,16,17)/t10-,11+/m1/s1. The van der Waals surface area contributed by atoms with Crippen molar-refractivity contribution in [1.82, 2.24) is 4.90 Å². The zero-order chi connectivity index (χ0) is 13.7. The van der Waals surface area contributed by atoms with Gasteiger partial charge in [0.2, 0.25) is 5.91 Å². The summed E-state index contributed by atoms with van der Waals surface area (Å²) in [6, 6.07) is 0. The minimum Gasteiger partial charge on any atom is -0.479 e. The van der Waals surface area contributed by atoms with E-state index in [1.807, 2.05) is 0 Å². The maximum atomic E-state index is 12.0. The number of carbonyl (C=O) groups is 2. The Morgan fingerprint density at radius 1 is 1.32 bits per heavy atom. The second-order valence-electron chi connectivity index (χ2n) is 5.16. The maximum Gasteiger partial charge on any atom is 0.334 e. The molecular formula is C13H21NO5. The first kappa shape index (κ1) is 14.3. The Hall–Kier alpha value is -1.14. The van der Waals surface area contributed by atoms with Gasteiger partial charge >= 0.3 is 5.97 Å². The van der Waals surface area contributed by atoms with Crippen molar-refractivity contribution in [3.63, 3.8) is 0 Å². The molecular weight excluding hydrogens is 250 g/mol. The van der Waals surface area contributed by atoms with E-state index in [0.717, 1.165) is 32.5 Å². The summed E-state index contributed by atoms with van der Waals surface area (Å²) >= 11 is 0. The number of hydrogen-bond acceptors (Lipinski definition) is 4. The zero-order valence-electron chi connectivity index (χ0n) is 11.0. The number of amides is 1. The van der Waals surface area contributed by atoms with Gasteiger partial charge in [0.25, 0.3) is 0 Å². The number of rotatable bonds is 4. The molecule has 0 unspecified atom stereocenters. The minimum absolute atomic E-state index is 0.0279. The fourth-order valence-corrected chi connectivity index (χ4v) is 2.55. The van der Waals surface area contributed by atoms with Gasteiger partial charge in [-0.05, 0) is 25.2 Å². The SMILES string of the molecule is O=C(O)[C@@H]1CN(C(=O)CC[C@H]2CCCOC2)CCO1. The number of morpholine rings is 1. The molecule has 2 fully saturated rings. The highest BCUT2D eigenvalue weighted by Gasteiger charge is 2.29. The molecule has 0 aliphatic carbocycles. The van der Waals surface area contributed by atoms with Crippen molar-refractivity contribution >= 4 is 11.9 Å². The van der Waals surface area contributed by atoms with E-state index < -0.39 is 12.1 Å². The molecule has 2 rings (SSSR count). The summed E-state index contributed by atoms with van der Waals surface area (Å²) in [6.07, 6.45) is 2.61. The number of aliphatic carboxylic acids is 1. The lowest BCUT2D eigenvalue weighted by Crippen LogP contribution is -2.48. The first-order valence-corrected chi connectivity index (χ1v) is 6.86. The van der Waals surface area contributed by atoms with Crippen LogP contribution >= 0.6 is 0 Å². The van der Waals surface area contributed by atoms with Crippen LogP contribution in [0.25, 0.3) is 0 Å². The van der Waals surface area contributed by atoms with Gasteiger partial charge in [-0.2, -0.15) is 0 Å². The molecule has 6 nitrogen and oxygen atoms in total. The van der Waals surface area contributed by atoms with E-state index in [2.05, 4.69) is 0 Å². The third-order valence-electron chi connectivity index (χ3n) is 3.72. The van der Waals surface area contributed by atoms with Gasteiger partial charge in [0.15, 0.2) is 6.10 Å². The fourth-order valence-electron chi connectivity index (χ4n) is 2.55. The Labute approximate surface area is 112 Å². The Morgan fingerprint density at radius 2 is 2.16 bits per heavy atom. The number of hydrogen-bond donors (Lipinski definition) is 1. The van der Waals surface area contributed by atoms with E-state index in [4.69, 9.17) is 14.6 Å². The van der Waals surface area contributed by atoms with Crippen molar-refractivity contribution in [2.75, 3.05) is 32.9 Å². The molecule has 2 saturated heterocycles. The second kappa shape index (κ2) is 6.86. The molecule has 1 amide bonds. The highest BCUT2D eigenvalue weighted by molar-refractivity contribution is 5.78. The Morgan fingerprint density at radius 3 is 2.84 bits per heavy atom. The van der Waals surface area contributed by atoms with Crippen LogP contribution in [0.5, 0.6) is 0 Å². The molecule has 0 bridgehead atoms. The molecule has 19 heavy (non-hydrogen) atoms. The number of nitrogens with zero attached hydrogens (tertiary/aromatic N) is 1. The van der Waals surface area contributed by atoms with Crippen LogP contribution in [0.2, 0.25) is 0 Å². The molecule has 2 atom stereocenters. The van der Waals surface area contributed by atoms with Crippen molar-refractivity contribution in [1.29, 1.82) is 0 Å². The number of carboxylic acid groups (broad SMARTS) is 1. The van der Waals surface area contributed by atoms with E-state index in [1.165, 1.54) is 0 Å². The lowest BCUT2D eigenvalue weighted by molar-refractivity contribution is -0.159. The van der Waals surface area contributed by atoms with Crippen molar-refractivity contribution in [3.05, 3.63) is 0 Å². The third kappa shape index (κ3) is 4.18. The second-order valence-corrected chi connectivity index (χ2v) is 5.16. The average molecular weight is 271 g/mol. The van der Waals surface area contributed by atoms with Crippen LogP contribution in [-0.4, -0.2) is 60.9 Å². The predicted octanol–water partition coefficient (Wildman–Crippen LogP) is 0.505. The highest BCUT2D eigenvalue weighted by atomic mass is 16.5. The van der Waals surface area contributed by atoms with Crippen LogP contribution in [0.15, 0.2) is 0 Å². The van der Waals surface area contributed by atoms with E-state index >= 15 is 0 Å². The van der Waals surface area contributed by atoms with Gasteiger partial charge in [-0.15, -0.1) is 0 Å². The summed E-state index contributed by atoms with van der Waals surface area (Å²) in [6.45, 7) is 2.52. The van der Waals surface area contributed by atoms with E-state index in [0.29, 0.717) is 25.5 Å². The molecule has 1 N–H and O–H groups in total. The van der Waals surface area contributed by atoms with Gasteiger partial charge in [0, 0.05) is 26.2 Å². The average Bonchev–Trinajstić information content (AvgIpc) is 2.46. The number of carboxylic acids is 1. The summed E-state index contributed by atoms with van der Waals surface area (Å²) in [7, 11) is 0. The quantitative estimate of drug-likeness (QED) is 0.806. The molecule has 0 saturated carbocycles. The van der Waals surface area contributed by atoms with Crippen LogP contribution in [0.3, 0.4) is 0 Å². The predicted molar refractivity (Wildman–Crippen MR) is 66.7 cm³/mol. The summed E-state index contributed by atoms with van der Waals surface area (Å²) in [5.41, 5.74) is 0. The first-order valence-electron chi connectivity index (χ1n) is 6.86. The van der Waals surface area contributed by atoms with Crippen LogP contribution < -0.4 is 0 Å². The molecule has 108 valence electrons. The third-order valence-corrected chi connectivity index (χ3v) is 3.72. The summed E-state index contributed by atoms with van der Waals surface area (Å²) in [5.74, 6) is -0.507.